The molecule has 2 amide bonds. The summed E-state index contributed by atoms with van der Waals surface area (Å²) in [4.78, 5) is 27.5. The average Bonchev–Trinajstić information content (AvgIpc) is 2.79. The number of hydrogen-bond donors (Lipinski definition) is 1. The lowest BCUT2D eigenvalue weighted by molar-refractivity contribution is 0.0811. The first-order valence-electron chi connectivity index (χ1n) is 10.2. The Hall–Kier alpha value is -2.87. The Labute approximate surface area is 195 Å². The number of benzene rings is 3. The minimum Gasteiger partial charge on any atom is -0.441 e. The Kier molecular flexibility index (Phi) is 6.56. The fourth-order valence-electron chi connectivity index (χ4n) is 3.85. The molecule has 0 radical (unpaired) electrons. The third-order valence-electron chi connectivity index (χ3n) is 5.38. The number of amides is 2. The monoisotopic (exact) mass is 526 g/mol. The maximum Gasteiger partial charge on any atom is 0.408 e. The van der Waals surface area contributed by atoms with Gasteiger partial charge in [0, 0.05) is 33.7 Å². The summed E-state index contributed by atoms with van der Waals surface area (Å²) >= 11 is 2.22. The summed E-state index contributed by atoms with van der Waals surface area (Å²) < 4.78 is 6.85. The molecule has 3 aromatic carbocycles. The number of carbonyl (C=O) groups is 2. The molecular formula is C25H23IN2O3. The van der Waals surface area contributed by atoms with E-state index in [1.807, 2.05) is 85.8 Å². The molecule has 2 atom stereocenters. The van der Waals surface area contributed by atoms with Gasteiger partial charge < -0.3 is 15.0 Å². The van der Waals surface area contributed by atoms with Crippen LogP contribution in [-0.2, 0) is 11.3 Å². The molecule has 5 nitrogen and oxygen atoms in total. The Morgan fingerprint density at radius 3 is 2.42 bits per heavy atom. The predicted molar refractivity (Wildman–Crippen MR) is 129 cm³/mol. The summed E-state index contributed by atoms with van der Waals surface area (Å²) in [5.41, 5.74) is 3.27. The zero-order valence-corrected chi connectivity index (χ0v) is 19.3. The van der Waals surface area contributed by atoms with Gasteiger partial charge in [0.2, 0.25) is 0 Å². The van der Waals surface area contributed by atoms with Gasteiger partial charge in [-0.3, -0.25) is 4.79 Å². The Bertz CT molecular complexity index is 1070. The second-order valence-corrected chi connectivity index (χ2v) is 8.80. The third kappa shape index (κ3) is 4.90. The van der Waals surface area contributed by atoms with Gasteiger partial charge in [0.05, 0.1) is 5.69 Å². The Balaban J connectivity index is 1.52. The van der Waals surface area contributed by atoms with Crippen molar-refractivity contribution in [1.82, 2.24) is 5.32 Å². The topological polar surface area (TPSA) is 58.6 Å². The van der Waals surface area contributed by atoms with Gasteiger partial charge in [-0.2, -0.15) is 0 Å². The van der Waals surface area contributed by atoms with Crippen LogP contribution in [0.1, 0.15) is 40.9 Å². The minimum atomic E-state index is -0.465. The zero-order chi connectivity index (χ0) is 21.8. The molecular weight excluding hydrogens is 503 g/mol. The van der Waals surface area contributed by atoms with E-state index in [1.165, 1.54) is 0 Å². The van der Waals surface area contributed by atoms with Crippen LogP contribution < -0.4 is 10.2 Å². The number of carbonyl (C=O) groups excluding carboxylic acids is 2. The summed E-state index contributed by atoms with van der Waals surface area (Å²) in [6.45, 7) is 2.39. The SMILES string of the molecule is C[C@H]1C[C@@H](OC(=O)NCc2ccccc2)c2ccccc2N1C(=O)c1ccc(I)cc1. The first-order chi connectivity index (χ1) is 15.0. The van der Waals surface area contributed by atoms with E-state index >= 15 is 0 Å². The molecule has 4 rings (SSSR count). The number of fused-ring (bicyclic) bond motifs is 1. The van der Waals surface area contributed by atoms with Crippen LogP contribution >= 0.6 is 22.6 Å². The van der Waals surface area contributed by atoms with E-state index in [4.69, 9.17) is 4.74 Å². The van der Waals surface area contributed by atoms with E-state index in [2.05, 4.69) is 27.9 Å². The van der Waals surface area contributed by atoms with Crippen molar-refractivity contribution >= 4 is 40.3 Å². The summed E-state index contributed by atoms with van der Waals surface area (Å²) in [5.74, 6) is -0.0525. The molecule has 158 valence electrons. The number of nitrogens with zero attached hydrogens (tertiary/aromatic N) is 1. The fourth-order valence-corrected chi connectivity index (χ4v) is 4.21. The smallest absolute Gasteiger partial charge is 0.408 e. The molecule has 0 aliphatic carbocycles. The lowest BCUT2D eigenvalue weighted by atomic mass is 9.93. The van der Waals surface area contributed by atoms with Gasteiger partial charge in [0.25, 0.3) is 5.91 Å². The highest BCUT2D eigenvalue weighted by molar-refractivity contribution is 14.1. The third-order valence-corrected chi connectivity index (χ3v) is 6.10. The molecule has 6 heteroatoms. The number of halogens is 1. The molecule has 31 heavy (non-hydrogen) atoms. The first kappa shape index (κ1) is 21.4. The highest BCUT2D eigenvalue weighted by atomic mass is 127. The fraction of sp³-hybridized carbons (Fsp3) is 0.200. The largest absolute Gasteiger partial charge is 0.441 e. The van der Waals surface area contributed by atoms with Crippen LogP contribution in [0.25, 0.3) is 0 Å². The number of anilines is 1. The van der Waals surface area contributed by atoms with Crippen molar-refractivity contribution in [3.8, 4) is 0 Å². The summed E-state index contributed by atoms with van der Waals surface area (Å²) in [5, 5.41) is 2.81. The van der Waals surface area contributed by atoms with Crippen molar-refractivity contribution in [2.45, 2.75) is 32.0 Å². The van der Waals surface area contributed by atoms with Crippen LogP contribution in [0.3, 0.4) is 0 Å². The van der Waals surface area contributed by atoms with Crippen LogP contribution in [0, 0.1) is 3.57 Å². The molecule has 0 saturated heterocycles. The molecule has 1 N–H and O–H groups in total. The molecule has 1 heterocycles. The van der Waals surface area contributed by atoms with Crippen LogP contribution in [0.5, 0.6) is 0 Å². The highest BCUT2D eigenvalue weighted by Crippen LogP contribution is 2.39. The molecule has 0 unspecified atom stereocenters. The van der Waals surface area contributed by atoms with E-state index in [1.54, 1.807) is 4.90 Å². The lowest BCUT2D eigenvalue weighted by Crippen LogP contribution is -2.44. The van der Waals surface area contributed by atoms with Crippen molar-refractivity contribution < 1.29 is 14.3 Å². The standard InChI is InChI=1S/C25H23IN2O3/c1-17-15-23(31-25(30)27-16-18-7-3-2-4-8-18)21-9-5-6-10-22(21)28(17)24(29)19-11-13-20(26)14-12-19/h2-14,17,23H,15-16H2,1H3,(H,27,30)/t17-,23+/m0/s1. The van der Waals surface area contributed by atoms with E-state index in [0.717, 1.165) is 20.4 Å². The van der Waals surface area contributed by atoms with E-state index in [9.17, 15) is 9.59 Å². The van der Waals surface area contributed by atoms with Gasteiger partial charge in [-0.25, -0.2) is 4.79 Å². The maximum atomic E-state index is 13.3. The minimum absolute atomic E-state index is 0.0525. The van der Waals surface area contributed by atoms with E-state index in [-0.39, 0.29) is 11.9 Å². The van der Waals surface area contributed by atoms with Gasteiger partial charge in [-0.15, -0.1) is 0 Å². The van der Waals surface area contributed by atoms with Gasteiger partial charge in [-0.05, 0) is 65.4 Å². The maximum absolute atomic E-state index is 13.3. The molecule has 1 aliphatic rings. The number of hydrogen-bond acceptors (Lipinski definition) is 3. The second-order valence-electron chi connectivity index (χ2n) is 7.56. The summed E-state index contributed by atoms with van der Waals surface area (Å²) in [6.07, 6.45) is -0.345. The number of ether oxygens (including phenoxy) is 1. The molecule has 0 saturated carbocycles. The van der Waals surface area contributed by atoms with Crippen LogP contribution in [-0.4, -0.2) is 18.0 Å². The first-order valence-corrected chi connectivity index (χ1v) is 11.3. The van der Waals surface area contributed by atoms with E-state index in [0.29, 0.717) is 18.5 Å². The van der Waals surface area contributed by atoms with Crippen LogP contribution in [0.15, 0.2) is 78.9 Å². The molecule has 0 bridgehead atoms. The van der Waals surface area contributed by atoms with Crippen molar-refractivity contribution in [2.75, 3.05) is 4.90 Å². The van der Waals surface area contributed by atoms with Crippen molar-refractivity contribution in [3.63, 3.8) is 0 Å². The van der Waals surface area contributed by atoms with Crippen LogP contribution in [0.4, 0.5) is 10.5 Å². The zero-order valence-electron chi connectivity index (χ0n) is 17.1. The molecule has 0 spiro atoms. The number of para-hydroxylation sites is 1. The average molecular weight is 526 g/mol. The number of rotatable bonds is 4. The number of alkyl carbamates (subject to hydrolysis) is 1. The van der Waals surface area contributed by atoms with Gasteiger partial charge >= 0.3 is 6.09 Å². The quantitative estimate of drug-likeness (QED) is 0.444. The number of nitrogens with one attached hydrogen (secondary N) is 1. The Morgan fingerprint density at radius 2 is 1.68 bits per heavy atom. The summed E-state index contributed by atoms with van der Waals surface area (Å²) in [6, 6.07) is 24.8. The Morgan fingerprint density at radius 1 is 1.00 bits per heavy atom. The van der Waals surface area contributed by atoms with Gasteiger partial charge in [-0.1, -0.05) is 48.5 Å². The van der Waals surface area contributed by atoms with Crippen LogP contribution in [0.2, 0.25) is 0 Å². The normalized spacial score (nSPS) is 17.5. The lowest BCUT2D eigenvalue weighted by Gasteiger charge is -2.39. The summed E-state index contributed by atoms with van der Waals surface area (Å²) in [7, 11) is 0. The molecule has 0 aromatic heterocycles. The van der Waals surface area contributed by atoms with Crippen molar-refractivity contribution in [3.05, 3.63) is 99.1 Å². The van der Waals surface area contributed by atoms with E-state index < -0.39 is 12.2 Å². The molecule has 1 aliphatic heterocycles. The second kappa shape index (κ2) is 9.51. The van der Waals surface area contributed by atoms with Crippen molar-refractivity contribution in [1.29, 1.82) is 0 Å². The van der Waals surface area contributed by atoms with Crippen molar-refractivity contribution in [2.24, 2.45) is 0 Å². The van der Waals surface area contributed by atoms with Gasteiger partial charge in [0.1, 0.15) is 6.10 Å². The molecule has 0 fully saturated rings. The molecule has 3 aromatic rings. The highest BCUT2D eigenvalue weighted by Gasteiger charge is 2.35. The predicted octanol–water partition coefficient (Wildman–Crippen LogP) is 5.70. The van der Waals surface area contributed by atoms with Gasteiger partial charge in [0.15, 0.2) is 0 Å².